The van der Waals surface area contributed by atoms with Crippen LogP contribution in [0.1, 0.15) is 18.9 Å². The van der Waals surface area contributed by atoms with Gasteiger partial charge in [0.05, 0.1) is 12.1 Å². The van der Waals surface area contributed by atoms with Crippen LogP contribution in [0, 0.1) is 6.92 Å². The van der Waals surface area contributed by atoms with Crippen LogP contribution in [0.4, 0.5) is 5.69 Å². The molecule has 0 unspecified atom stereocenters. The van der Waals surface area contributed by atoms with E-state index in [0.717, 1.165) is 9.87 Å². The molecule has 1 aromatic rings. The van der Waals surface area contributed by atoms with Crippen LogP contribution in [0.5, 0.6) is 0 Å². The van der Waals surface area contributed by atoms with Gasteiger partial charge in [-0.25, -0.2) is 0 Å². The van der Waals surface area contributed by atoms with E-state index < -0.39 is 16.2 Å². The van der Waals surface area contributed by atoms with Crippen molar-refractivity contribution in [3.8, 4) is 0 Å². The molecule has 0 saturated heterocycles. The number of rotatable bonds is 7. The van der Waals surface area contributed by atoms with Gasteiger partial charge in [-0.15, -0.1) is 0 Å². The molecule has 19 heavy (non-hydrogen) atoms. The summed E-state index contributed by atoms with van der Waals surface area (Å²) < 4.78 is 27.5. The molecular weight excluding hydrogens is 268 g/mol. The molecule has 2 N–H and O–H groups in total. The zero-order valence-electron chi connectivity index (χ0n) is 11.0. The molecule has 7 heteroatoms. The Kier molecular flexibility index (Phi) is 5.31. The molecule has 0 radical (unpaired) electrons. The first-order valence-electron chi connectivity index (χ1n) is 5.92. The van der Waals surface area contributed by atoms with Crippen LogP contribution >= 0.6 is 0 Å². The van der Waals surface area contributed by atoms with Crippen molar-refractivity contribution in [3.05, 3.63) is 29.8 Å². The number of benzene rings is 1. The van der Waals surface area contributed by atoms with Gasteiger partial charge in [-0.1, -0.05) is 24.6 Å². The lowest BCUT2D eigenvalue weighted by molar-refractivity contribution is -0.136. The van der Waals surface area contributed by atoms with E-state index in [4.69, 9.17) is 5.11 Å². The van der Waals surface area contributed by atoms with Crippen molar-refractivity contribution in [1.82, 2.24) is 4.72 Å². The Morgan fingerprint density at radius 3 is 2.37 bits per heavy atom. The minimum Gasteiger partial charge on any atom is -0.481 e. The van der Waals surface area contributed by atoms with Crippen LogP contribution in [0.2, 0.25) is 0 Å². The topological polar surface area (TPSA) is 86.7 Å². The predicted octanol–water partition coefficient (Wildman–Crippen LogP) is 1.13. The number of anilines is 1. The largest absolute Gasteiger partial charge is 0.481 e. The van der Waals surface area contributed by atoms with Crippen molar-refractivity contribution in [2.75, 3.05) is 17.4 Å². The fourth-order valence-corrected chi connectivity index (χ4v) is 2.81. The summed E-state index contributed by atoms with van der Waals surface area (Å²) in [6.07, 6.45) is -0.251. The highest BCUT2D eigenvalue weighted by Crippen LogP contribution is 2.18. The first-order chi connectivity index (χ1) is 8.86. The lowest BCUT2D eigenvalue weighted by atomic mass is 10.2. The van der Waals surface area contributed by atoms with E-state index in [-0.39, 0.29) is 19.5 Å². The molecule has 0 bridgehead atoms. The summed E-state index contributed by atoms with van der Waals surface area (Å²) in [5.74, 6) is -1.04. The lowest BCUT2D eigenvalue weighted by Crippen LogP contribution is -2.41. The number of carboxylic acid groups (broad SMARTS) is 1. The summed E-state index contributed by atoms with van der Waals surface area (Å²) in [7, 11) is -3.71. The van der Waals surface area contributed by atoms with E-state index in [9.17, 15) is 13.2 Å². The van der Waals surface area contributed by atoms with Gasteiger partial charge in [0.15, 0.2) is 0 Å². The average molecular weight is 286 g/mol. The Morgan fingerprint density at radius 1 is 1.32 bits per heavy atom. The molecular formula is C12H18N2O4S. The van der Waals surface area contributed by atoms with Crippen LogP contribution in [0.3, 0.4) is 0 Å². The third-order valence-corrected chi connectivity index (χ3v) is 4.09. The van der Waals surface area contributed by atoms with Gasteiger partial charge in [0, 0.05) is 13.1 Å². The first-order valence-corrected chi connectivity index (χ1v) is 7.36. The molecule has 0 heterocycles. The van der Waals surface area contributed by atoms with E-state index in [1.165, 1.54) is 0 Å². The molecule has 0 atom stereocenters. The second kappa shape index (κ2) is 6.53. The lowest BCUT2D eigenvalue weighted by Gasteiger charge is -2.23. The van der Waals surface area contributed by atoms with Gasteiger partial charge in [0.2, 0.25) is 0 Å². The van der Waals surface area contributed by atoms with Crippen LogP contribution in [0.25, 0.3) is 0 Å². The molecule has 1 rings (SSSR count). The standard InChI is InChI=1S/C12H18N2O4S/c1-3-13-19(17,18)14(9-8-12(15)16)11-6-4-10(2)5-7-11/h4-7,13H,3,8-9H2,1-2H3,(H,15,16). The molecule has 0 aliphatic carbocycles. The smallest absolute Gasteiger partial charge is 0.305 e. The summed E-state index contributed by atoms with van der Waals surface area (Å²) in [5, 5.41) is 8.71. The molecule has 0 saturated carbocycles. The second-order valence-corrected chi connectivity index (χ2v) is 5.73. The monoisotopic (exact) mass is 286 g/mol. The van der Waals surface area contributed by atoms with Gasteiger partial charge in [0.1, 0.15) is 0 Å². The molecule has 1 aromatic carbocycles. The van der Waals surface area contributed by atoms with E-state index in [1.54, 1.807) is 31.2 Å². The Morgan fingerprint density at radius 2 is 1.89 bits per heavy atom. The number of hydrogen-bond donors (Lipinski definition) is 2. The normalized spacial score (nSPS) is 11.3. The molecule has 0 aromatic heterocycles. The summed E-state index contributed by atoms with van der Waals surface area (Å²) in [5.41, 5.74) is 1.45. The molecule has 0 amide bonds. The Labute approximate surface area is 113 Å². The minimum absolute atomic E-state index is 0.103. The van der Waals surface area contributed by atoms with Crippen LogP contribution in [-0.4, -0.2) is 32.6 Å². The number of aryl methyl sites for hydroxylation is 1. The number of carboxylic acids is 1. The van der Waals surface area contributed by atoms with Crippen molar-refractivity contribution >= 4 is 21.9 Å². The second-order valence-electron chi connectivity index (χ2n) is 4.05. The number of nitrogens with zero attached hydrogens (tertiary/aromatic N) is 1. The van der Waals surface area contributed by atoms with Crippen LogP contribution in [0.15, 0.2) is 24.3 Å². The maximum Gasteiger partial charge on any atom is 0.305 e. The van der Waals surface area contributed by atoms with Crippen LogP contribution in [-0.2, 0) is 15.0 Å². The Bertz CT molecular complexity index is 525. The highest BCUT2D eigenvalue weighted by atomic mass is 32.2. The van der Waals surface area contributed by atoms with Crippen molar-refractivity contribution in [2.45, 2.75) is 20.3 Å². The zero-order valence-corrected chi connectivity index (χ0v) is 11.8. The quantitative estimate of drug-likeness (QED) is 0.786. The number of carbonyl (C=O) groups is 1. The third kappa shape index (κ3) is 4.53. The molecule has 6 nitrogen and oxygen atoms in total. The molecule has 0 fully saturated rings. The van der Waals surface area contributed by atoms with Gasteiger partial charge < -0.3 is 5.11 Å². The molecule has 106 valence electrons. The average Bonchev–Trinajstić information content (AvgIpc) is 2.31. The molecule has 0 spiro atoms. The van der Waals surface area contributed by atoms with Crippen molar-refractivity contribution in [3.63, 3.8) is 0 Å². The Hall–Kier alpha value is -1.60. The SMILES string of the molecule is CCNS(=O)(=O)N(CCC(=O)O)c1ccc(C)cc1. The third-order valence-electron chi connectivity index (χ3n) is 2.47. The van der Waals surface area contributed by atoms with Gasteiger partial charge in [-0.3, -0.25) is 9.10 Å². The predicted molar refractivity (Wildman–Crippen MR) is 73.4 cm³/mol. The summed E-state index contributed by atoms with van der Waals surface area (Å²) >= 11 is 0. The summed E-state index contributed by atoms with van der Waals surface area (Å²) in [4.78, 5) is 10.6. The minimum atomic E-state index is -3.71. The van der Waals surface area contributed by atoms with E-state index in [1.807, 2.05) is 6.92 Å². The van der Waals surface area contributed by atoms with Gasteiger partial charge in [-0.05, 0) is 19.1 Å². The van der Waals surface area contributed by atoms with Crippen molar-refractivity contribution in [1.29, 1.82) is 0 Å². The van der Waals surface area contributed by atoms with Gasteiger partial charge >= 0.3 is 16.2 Å². The van der Waals surface area contributed by atoms with Gasteiger partial charge in [0.25, 0.3) is 0 Å². The van der Waals surface area contributed by atoms with Crippen LogP contribution < -0.4 is 9.03 Å². The number of hydrogen-bond acceptors (Lipinski definition) is 3. The highest BCUT2D eigenvalue weighted by molar-refractivity contribution is 7.90. The number of aliphatic carboxylic acids is 1. The maximum absolute atomic E-state index is 12.1. The van der Waals surface area contributed by atoms with E-state index in [2.05, 4.69) is 4.72 Å². The molecule has 0 aliphatic heterocycles. The maximum atomic E-state index is 12.1. The fraction of sp³-hybridized carbons (Fsp3) is 0.417. The van der Waals surface area contributed by atoms with E-state index in [0.29, 0.717) is 5.69 Å². The summed E-state index contributed by atoms with van der Waals surface area (Å²) in [6, 6.07) is 6.88. The Balaban J connectivity index is 3.04. The molecule has 0 aliphatic rings. The van der Waals surface area contributed by atoms with Gasteiger partial charge in [-0.2, -0.15) is 13.1 Å². The first kappa shape index (κ1) is 15.5. The summed E-state index contributed by atoms with van der Waals surface area (Å²) in [6.45, 7) is 3.71. The van der Waals surface area contributed by atoms with E-state index >= 15 is 0 Å². The highest BCUT2D eigenvalue weighted by Gasteiger charge is 2.22. The van der Waals surface area contributed by atoms with Crippen molar-refractivity contribution in [2.24, 2.45) is 0 Å². The van der Waals surface area contributed by atoms with Crippen molar-refractivity contribution < 1.29 is 18.3 Å². The zero-order chi connectivity index (χ0) is 14.5. The fourth-order valence-electron chi connectivity index (χ4n) is 1.56. The number of nitrogens with one attached hydrogen (secondary N) is 1.